The van der Waals surface area contributed by atoms with Gasteiger partial charge in [0.2, 0.25) is 6.79 Å². The first-order valence-corrected chi connectivity index (χ1v) is 6.91. The summed E-state index contributed by atoms with van der Waals surface area (Å²) < 4.78 is 10.4. The second-order valence-electron chi connectivity index (χ2n) is 4.82. The minimum Gasteiger partial charge on any atom is -0.454 e. The van der Waals surface area contributed by atoms with E-state index in [1.807, 2.05) is 0 Å². The minimum atomic E-state index is -0.538. The summed E-state index contributed by atoms with van der Waals surface area (Å²) in [5.41, 5.74) is 6.67. The Morgan fingerprint density at radius 2 is 1.87 bits per heavy atom. The molecule has 0 unspecified atom stereocenters. The van der Waals surface area contributed by atoms with Crippen molar-refractivity contribution < 1.29 is 19.1 Å². The number of ether oxygens (including phenoxy) is 2. The number of carbonyl (C=O) groups excluding carboxylic acids is 2. The Balaban J connectivity index is 1.71. The van der Waals surface area contributed by atoms with Gasteiger partial charge in [-0.1, -0.05) is 12.1 Å². The molecule has 0 saturated heterocycles. The van der Waals surface area contributed by atoms with Crippen LogP contribution in [0.15, 0.2) is 54.7 Å². The number of anilines is 1. The summed E-state index contributed by atoms with van der Waals surface area (Å²) in [7, 11) is 0. The third kappa shape index (κ3) is 3.16. The molecule has 2 aromatic rings. The lowest BCUT2D eigenvalue weighted by atomic mass is 10.1. The standard InChI is InChI=1S/C17H14N2O4/c18-17(21)12-3-1-2-4-13(12)19-8-7-14(20)11-5-6-15-16(9-11)23-10-22-15/h1-9,19H,10H2,(H2,18,21)/b8-7+. The second kappa shape index (κ2) is 6.23. The van der Waals surface area contributed by atoms with Gasteiger partial charge in [0, 0.05) is 17.8 Å². The fourth-order valence-corrected chi connectivity index (χ4v) is 2.18. The van der Waals surface area contributed by atoms with Crippen molar-refractivity contribution in [2.75, 3.05) is 12.1 Å². The number of rotatable bonds is 5. The van der Waals surface area contributed by atoms with Gasteiger partial charge in [-0.05, 0) is 30.3 Å². The third-order valence-corrected chi connectivity index (χ3v) is 3.32. The quantitative estimate of drug-likeness (QED) is 0.653. The molecule has 1 aliphatic rings. The van der Waals surface area contributed by atoms with Crippen molar-refractivity contribution >= 4 is 17.4 Å². The van der Waals surface area contributed by atoms with Crippen molar-refractivity contribution in [3.05, 3.63) is 65.9 Å². The van der Waals surface area contributed by atoms with Crippen LogP contribution in [0.25, 0.3) is 0 Å². The van der Waals surface area contributed by atoms with Crippen LogP contribution in [0.2, 0.25) is 0 Å². The molecule has 0 bridgehead atoms. The molecule has 23 heavy (non-hydrogen) atoms. The number of para-hydroxylation sites is 1. The summed E-state index contributed by atoms with van der Waals surface area (Å²) in [6, 6.07) is 11.8. The second-order valence-corrected chi connectivity index (χ2v) is 4.82. The molecule has 3 rings (SSSR count). The highest BCUT2D eigenvalue weighted by Crippen LogP contribution is 2.32. The molecule has 1 amide bonds. The van der Waals surface area contributed by atoms with Crippen LogP contribution in [0.5, 0.6) is 11.5 Å². The van der Waals surface area contributed by atoms with Crippen molar-refractivity contribution in [2.45, 2.75) is 0 Å². The summed E-state index contributed by atoms with van der Waals surface area (Å²) in [6.45, 7) is 0.161. The number of hydrogen-bond donors (Lipinski definition) is 2. The zero-order chi connectivity index (χ0) is 16.2. The predicted octanol–water partition coefficient (Wildman–Crippen LogP) is 2.32. The summed E-state index contributed by atoms with van der Waals surface area (Å²) in [5.74, 6) is 0.436. The average Bonchev–Trinajstić information content (AvgIpc) is 3.02. The van der Waals surface area contributed by atoms with E-state index in [1.165, 1.54) is 12.3 Å². The molecule has 116 valence electrons. The average molecular weight is 310 g/mol. The van der Waals surface area contributed by atoms with E-state index in [4.69, 9.17) is 15.2 Å². The Hall–Kier alpha value is -3.28. The first-order chi connectivity index (χ1) is 11.1. The largest absolute Gasteiger partial charge is 0.454 e. The van der Waals surface area contributed by atoms with Gasteiger partial charge in [0.05, 0.1) is 11.3 Å². The summed E-state index contributed by atoms with van der Waals surface area (Å²) >= 11 is 0. The van der Waals surface area contributed by atoms with E-state index in [9.17, 15) is 9.59 Å². The van der Waals surface area contributed by atoms with Crippen molar-refractivity contribution in [3.8, 4) is 11.5 Å². The summed E-state index contributed by atoms with van der Waals surface area (Å²) in [6.07, 6.45) is 2.84. The molecule has 0 saturated carbocycles. The normalized spacial score (nSPS) is 12.3. The van der Waals surface area contributed by atoms with Gasteiger partial charge in [-0.2, -0.15) is 0 Å². The molecule has 0 aromatic heterocycles. The first kappa shape index (κ1) is 14.6. The van der Waals surface area contributed by atoms with Gasteiger partial charge in [-0.25, -0.2) is 0 Å². The van der Waals surface area contributed by atoms with Gasteiger partial charge < -0.3 is 20.5 Å². The van der Waals surface area contributed by atoms with Gasteiger partial charge in [0.15, 0.2) is 17.3 Å². The van der Waals surface area contributed by atoms with E-state index in [2.05, 4.69) is 5.32 Å². The van der Waals surface area contributed by atoms with Crippen molar-refractivity contribution in [1.82, 2.24) is 0 Å². The van der Waals surface area contributed by atoms with Crippen LogP contribution in [0.4, 0.5) is 5.69 Å². The first-order valence-electron chi connectivity index (χ1n) is 6.91. The molecular weight excluding hydrogens is 296 g/mol. The highest BCUT2D eigenvalue weighted by molar-refractivity contribution is 6.05. The number of nitrogens with two attached hydrogens (primary N) is 1. The number of nitrogens with one attached hydrogen (secondary N) is 1. The molecule has 3 N–H and O–H groups in total. The molecule has 2 aromatic carbocycles. The minimum absolute atomic E-state index is 0.161. The van der Waals surface area contributed by atoms with Gasteiger partial charge in [0.1, 0.15) is 0 Å². The van der Waals surface area contributed by atoms with Crippen molar-refractivity contribution in [3.63, 3.8) is 0 Å². The number of ketones is 1. The molecule has 0 radical (unpaired) electrons. The van der Waals surface area contributed by atoms with E-state index in [0.717, 1.165) is 0 Å². The molecule has 0 atom stereocenters. The van der Waals surface area contributed by atoms with Crippen LogP contribution in [0.1, 0.15) is 20.7 Å². The molecule has 0 aliphatic carbocycles. The van der Waals surface area contributed by atoms with Crippen molar-refractivity contribution in [2.24, 2.45) is 5.73 Å². The van der Waals surface area contributed by atoms with E-state index in [1.54, 1.807) is 42.5 Å². The molecule has 6 heteroatoms. The smallest absolute Gasteiger partial charge is 0.250 e. The van der Waals surface area contributed by atoms with Crippen LogP contribution < -0.4 is 20.5 Å². The van der Waals surface area contributed by atoms with Crippen LogP contribution in [0.3, 0.4) is 0 Å². The number of carbonyl (C=O) groups is 2. The van der Waals surface area contributed by atoms with E-state index < -0.39 is 5.91 Å². The number of benzene rings is 2. The summed E-state index contributed by atoms with van der Waals surface area (Å²) in [4.78, 5) is 23.5. The van der Waals surface area contributed by atoms with E-state index in [0.29, 0.717) is 28.3 Å². The van der Waals surface area contributed by atoms with Gasteiger partial charge >= 0.3 is 0 Å². The van der Waals surface area contributed by atoms with E-state index >= 15 is 0 Å². The maximum absolute atomic E-state index is 12.1. The van der Waals surface area contributed by atoms with E-state index in [-0.39, 0.29) is 12.6 Å². The zero-order valence-electron chi connectivity index (χ0n) is 12.1. The van der Waals surface area contributed by atoms with Crippen LogP contribution >= 0.6 is 0 Å². The van der Waals surface area contributed by atoms with Crippen molar-refractivity contribution in [1.29, 1.82) is 0 Å². The lowest BCUT2D eigenvalue weighted by molar-refractivity contribution is 0.0999. The van der Waals surface area contributed by atoms with Crippen LogP contribution in [-0.4, -0.2) is 18.5 Å². The number of hydrogen-bond acceptors (Lipinski definition) is 5. The molecule has 1 aliphatic heterocycles. The maximum atomic E-state index is 12.1. The number of allylic oxidation sites excluding steroid dienone is 1. The Labute approximate surface area is 132 Å². The monoisotopic (exact) mass is 310 g/mol. The number of amides is 1. The van der Waals surface area contributed by atoms with Gasteiger partial charge in [-0.15, -0.1) is 0 Å². The third-order valence-electron chi connectivity index (χ3n) is 3.32. The molecular formula is C17H14N2O4. The SMILES string of the molecule is NC(=O)c1ccccc1N/C=C/C(=O)c1ccc2c(c1)OCO2. The highest BCUT2D eigenvalue weighted by Gasteiger charge is 2.15. The van der Waals surface area contributed by atoms with Crippen LogP contribution in [-0.2, 0) is 0 Å². The fourth-order valence-electron chi connectivity index (χ4n) is 2.18. The fraction of sp³-hybridized carbons (Fsp3) is 0.0588. The lowest BCUT2D eigenvalue weighted by Crippen LogP contribution is -2.13. The topological polar surface area (TPSA) is 90.7 Å². The highest BCUT2D eigenvalue weighted by atomic mass is 16.7. The predicted molar refractivity (Wildman–Crippen MR) is 84.6 cm³/mol. The maximum Gasteiger partial charge on any atom is 0.250 e. The lowest BCUT2D eigenvalue weighted by Gasteiger charge is -2.05. The molecule has 6 nitrogen and oxygen atoms in total. The Bertz CT molecular complexity index is 799. The van der Waals surface area contributed by atoms with Crippen LogP contribution in [0, 0.1) is 0 Å². The Kier molecular flexibility index (Phi) is 3.97. The number of fused-ring (bicyclic) bond motifs is 1. The number of primary amides is 1. The molecule has 0 fully saturated rings. The zero-order valence-corrected chi connectivity index (χ0v) is 12.1. The Morgan fingerprint density at radius 1 is 1.09 bits per heavy atom. The molecule has 0 spiro atoms. The Morgan fingerprint density at radius 3 is 2.70 bits per heavy atom. The van der Waals surface area contributed by atoms with Gasteiger partial charge in [-0.3, -0.25) is 9.59 Å². The summed E-state index contributed by atoms with van der Waals surface area (Å²) in [5, 5.41) is 2.89. The van der Waals surface area contributed by atoms with Gasteiger partial charge in [0.25, 0.3) is 5.91 Å². The molecule has 1 heterocycles.